The van der Waals surface area contributed by atoms with E-state index in [0.29, 0.717) is 17.1 Å². The summed E-state index contributed by atoms with van der Waals surface area (Å²) in [5.74, 6) is 0.571. The molecule has 0 saturated carbocycles. The van der Waals surface area contributed by atoms with Crippen molar-refractivity contribution in [3.05, 3.63) is 71.0 Å². The Labute approximate surface area is 135 Å². The summed E-state index contributed by atoms with van der Waals surface area (Å²) in [5.41, 5.74) is 2.91. The number of rotatable bonds is 6. The normalized spacial score (nSPS) is 12.0. The zero-order valence-corrected chi connectivity index (χ0v) is 13.6. The number of hydrogen-bond acceptors (Lipinski definition) is 2. The fourth-order valence-corrected chi connectivity index (χ4v) is 2.92. The molecule has 2 nitrogen and oxygen atoms in total. The minimum absolute atomic E-state index is 0.0258. The Morgan fingerprint density at radius 1 is 1.18 bits per heavy atom. The summed E-state index contributed by atoms with van der Waals surface area (Å²) >= 11 is 1.42. The molecule has 0 saturated heterocycles. The van der Waals surface area contributed by atoms with Gasteiger partial charge in [0.15, 0.2) is 0 Å². The molecule has 0 unspecified atom stereocenters. The summed E-state index contributed by atoms with van der Waals surface area (Å²) in [7, 11) is 0. The lowest BCUT2D eigenvalue weighted by Crippen LogP contribution is -2.28. The Kier molecular flexibility index (Phi) is 6.01. The average Bonchev–Trinajstić information content (AvgIpc) is 2.50. The molecule has 0 aliphatic carbocycles. The lowest BCUT2D eigenvalue weighted by molar-refractivity contribution is -0.119. The molecule has 2 aromatic carbocycles. The van der Waals surface area contributed by atoms with Gasteiger partial charge in [-0.3, -0.25) is 4.79 Å². The lowest BCUT2D eigenvalue weighted by atomic mass is 10.1. The quantitative estimate of drug-likeness (QED) is 0.863. The van der Waals surface area contributed by atoms with Gasteiger partial charge in [0.2, 0.25) is 5.91 Å². The molecule has 1 amide bonds. The van der Waals surface area contributed by atoms with Crippen molar-refractivity contribution in [2.45, 2.75) is 25.6 Å². The van der Waals surface area contributed by atoms with Crippen molar-refractivity contribution >= 4 is 17.7 Å². The van der Waals surface area contributed by atoms with Gasteiger partial charge in [-0.1, -0.05) is 48.0 Å². The smallest absolute Gasteiger partial charge is 0.230 e. The third-order valence-electron chi connectivity index (χ3n) is 3.40. The standard InChI is InChI=1S/C18H20FNOS/c1-13-7-9-15(10-8-13)14(2)20-18(21)12-22-11-16-5-3-4-6-17(16)19/h3-10,14H,11-12H2,1-2H3,(H,20,21)/t14-/m1/s1. The van der Waals surface area contributed by atoms with Crippen molar-refractivity contribution in [2.75, 3.05) is 5.75 Å². The minimum Gasteiger partial charge on any atom is -0.349 e. The minimum atomic E-state index is -0.219. The van der Waals surface area contributed by atoms with Crippen LogP contribution in [0.25, 0.3) is 0 Å². The molecule has 0 radical (unpaired) electrons. The predicted octanol–water partition coefficient (Wildman–Crippen LogP) is 4.24. The van der Waals surface area contributed by atoms with Crippen LogP contribution < -0.4 is 5.32 Å². The van der Waals surface area contributed by atoms with Crippen LogP contribution in [0.15, 0.2) is 48.5 Å². The number of halogens is 1. The van der Waals surface area contributed by atoms with Crippen LogP contribution in [0.2, 0.25) is 0 Å². The monoisotopic (exact) mass is 317 g/mol. The molecule has 1 atom stereocenters. The Balaban J connectivity index is 1.78. The number of nitrogens with one attached hydrogen (secondary N) is 1. The Hall–Kier alpha value is -1.81. The van der Waals surface area contributed by atoms with E-state index < -0.39 is 0 Å². The van der Waals surface area contributed by atoms with Crippen molar-refractivity contribution in [3.63, 3.8) is 0 Å². The van der Waals surface area contributed by atoms with Gasteiger partial charge in [-0.15, -0.1) is 11.8 Å². The molecule has 2 rings (SSSR count). The molecule has 0 aromatic heterocycles. The Morgan fingerprint density at radius 2 is 1.86 bits per heavy atom. The largest absolute Gasteiger partial charge is 0.349 e. The van der Waals surface area contributed by atoms with Crippen molar-refractivity contribution in [2.24, 2.45) is 0 Å². The van der Waals surface area contributed by atoms with Crippen LogP contribution in [0.4, 0.5) is 4.39 Å². The molecule has 22 heavy (non-hydrogen) atoms. The summed E-state index contributed by atoms with van der Waals surface area (Å²) in [5, 5.41) is 2.96. The van der Waals surface area contributed by atoms with E-state index in [-0.39, 0.29) is 17.8 Å². The maximum absolute atomic E-state index is 13.5. The molecular weight excluding hydrogens is 297 g/mol. The number of aryl methyl sites for hydroxylation is 1. The third kappa shape index (κ3) is 4.88. The molecular formula is C18H20FNOS. The highest BCUT2D eigenvalue weighted by molar-refractivity contribution is 7.99. The second-order valence-electron chi connectivity index (χ2n) is 5.28. The van der Waals surface area contributed by atoms with E-state index in [1.54, 1.807) is 18.2 Å². The van der Waals surface area contributed by atoms with Crippen LogP contribution in [0, 0.1) is 12.7 Å². The van der Waals surface area contributed by atoms with E-state index >= 15 is 0 Å². The summed E-state index contributed by atoms with van der Waals surface area (Å²) < 4.78 is 13.5. The first-order valence-electron chi connectivity index (χ1n) is 7.23. The van der Waals surface area contributed by atoms with Gasteiger partial charge in [-0.05, 0) is 31.0 Å². The summed E-state index contributed by atoms with van der Waals surface area (Å²) in [4.78, 5) is 11.9. The van der Waals surface area contributed by atoms with Gasteiger partial charge in [0.1, 0.15) is 5.82 Å². The summed E-state index contributed by atoms with van der Waals surface area (Å²) in [6, 6.07) is 14.7. The van der Waals surface area contributed by atoms with Crippen LogP contribution in [-0.4, -0.2) is 11.7 Å². The molecule has 0 aliphatic rings. The average molecular weight is 317 g/mol. The zero-order valence-electron chi connectivity index (χ0n) is 12.8. The molecule has 4 heteroatoms. The van der Waals surface area contributed by atoms with Crippen LogP contribution in [0.1, 0.15) is 29.7 Å². The van der Waals surface area contributed by atoms with E-state index in [2.05, 4.69) is 5.32 Å². The highest BCUT2D eigenvalue weighted by Gasteiger charge is 2.10. The number of carbonyl (C=O) groups excluding carboxylic acids is 1. The maximum atomic E-state index is 13.5. The maximum Gasteiger partial charge on any atom is 0.230 e. The molecule has 2 aromatic rings. The van der Waals surface area contributed by atoms with Crippen LogP contribution in [0.5, 0.6) is 0 Å². The predicted molar refractivity (Wildman–Crippen MR) is 90.3 cm³/mol. The van der Waals surface area contributed by atoms with E-state index in [1.165, 1.54) is 23.4 Å². The van der Waals surface area contributed by atoms with Crippen LogP contribution in [0.3, 0.4) is 0 Å². The number of carbonyl (C=O) groups is 1. The first-order valence-corrected chi connectivity index (χ1v) is 8.39. The van der Waals surface area contributed by atoms with Crippen LogP contribution in [-0.2, 0) is 10.5 Å². The molecule has 0 fully saturated rings. The molecule has 116 valence electrons. The Bertz CT molecular complexity index is 627. The van der Waals surface area contributed by atoms with Gasteiger partial charge in [0.05, 0.1) is 11.8 Å². The second kappa shape index (κ2) is 7.99. The second-order valence-corrected chi connectivity index (χ2v) is 6.27. The van der Waals surface area contributed by atoms with Gasteiger partial charge in [0, 0.05) is 5.75 Å². The molecule has 0 aliphatic heterocycles. The molecule has 0 spiro atoms. The number of thioether (sulfide) groups is 1. The van der Waals surface area contributed by atoms with Crippen molar-refractivity contribution < 1.29 is 9.18 Å². The highest BCUT2D eigenvalue weighted by Crippen LogP contribution is 2.16. The zero-order chi connectivity index (χ0) is 15.9. The lowest BCUT2D eigenvalue weighted by Gasteiger charge is -2.14. The van der Waals surface area contributed by atoms with E-state index in [9.17, 15) is 9.18 Å². The van der Waals surface area contributed by atoms with Crippen molar-refractivity contribution in [1.82, 2.24) is 5.32 Å². The number of hydrogen-bond donors (Lipinski definition) is 1. The van der Waals surface area contributed by atoms with Gasteiger partial charge in [0.25, 0.3) is 0 Å². The van der Waals surface area contributed by atoms with Crippen molar-refractivity contribution in [1.29, 1.82) is 0 Å². The topological polar surface area (TPSA) is 29.1 Å². The first-order chi connectivity index (χ1) is 10.6. The molecule has 0 heterocycles. The van der Waals surface area contributed by atoms with Crippen molar-refractivity contribution in [3.8, 4) is 0 Å². The Morgan fingerprint density at radius 3 is 2.55 bits per heavy atom. The third-order valence-corrected chi connectivity index (χ3v) is 4.38. The highest BCUT2D eigenvalue weighted by atomic mass is 32.2. The molecule has 0 bridgehead atoms. The first kappa shape index (κ1) is 16.6. The van der Waals surface area contributed by atoms with Crippen LogP contribution >= 0.6 is 11.8 Å². The van der Waals surface area contributed by atoms with Gasteiger partial charge in [-0.25, -0.2) is 4.39 Å². The van der Waals surface area contributed by atoms with E-state index in [4.69, 9.17) is 0 Å². The number of amides is 1. The van der Waals surface area contributed by atoms with E-state index in [0.717, 1.165) is 5.56 Å². The fraction of sp³-hybridized carbons (Fsp3) is 0.278. The van der Waals surface area contributed by atoms with Gasteiger partial charge in [-0.2, -0.15) is 0 Å². The summed E-state index contributed by atoms with van der Waals surface area (Å²) in [6.45, 7) is 4.00. The molecule has 1 N–H and O–H groups in total. The van der Waals surface area contributed by atoms with Gasteiger partial charge >= 0.3 is 0 Å². The fourth-order valence-electron chi connectivity index (χ4n) is 2.09. The van der Waals surface area contributed by atoms with Gasteiger partial charge < -0.3 is 5.32 Å². The number of benzene rings is 2. The SMILES string of the molecule is Cc1ccc([C@@H](C)NC(=O)CSCc2ccccc2F)cc1. The van der Waals surface area contributed by atoms with E-state index in [1.807, 2.05) is 38.1 Å². The summed E-state index contributed by atoms with van der Waals surface area (Å²) in [6.07, 6.45) is 0.